The Balaban J connectivity index is 1.24. The second kappa shape index (κ2) is 12.7. The molecule has 0 unspecified atom stereocenters. The molecule has 3 aromatic rings. The molecule has 1 aromatic heterocycles. The number of hydrogen-bond donors (Lipinski definition) is 2. The van der Waals surface area contributed by atoms with Crippen molar-refractivity contribution in [3.63, 3.8) is 0 Å². The van der Waals surface area contributed by atoms with Gasteiger partial charge in [0.05, 0.1) is 23.3 Å². The number of carbonyl (C=O) groups excluding carboxylic acids is 3. The highest BCUT2D eigenvalue weighted by Gasteiger charge is 2.42. The van der Waals surface area contributed by atoms with E-state index in [1.165, 1.54) is 10.7 Å². The number of amides is 3. The van der Waals surface area contributed by atoms with Gasteiger partial charge in [-0.2, -0.15) is 0 Å². The average molecular weight is 577 g/mol. The standard InChI is InChI=1S/C31H37FN6O4/c1-21-10-11-23-26(20-21)42-19-7-16-34-30(41)31(12-5-6-15-33-28(23)39)13-17-37(18-14-31)29(40)27-22(2)38(36-35-27)25-9-4-3-8-24(25)32/h3-4,8-11,20H,5-7,12-19H2,1-2H3,(H,33,39)(H,34,41). The lowest BCUT2D eigenvalue weighted by Gasteiger charge is -2.40. The number of aromatic nitrogens is 3. The van der Waals surface area contributed by atoms with Gasteiger partial charge in [0.15, 0.2) is 5.69 Å². The van der Waals surface area contributed by atoms with Crippen molar-refractivity contribution in [1.82, 2.24) is 30.5 Å². The SMILES string of the molecule is Cc1ccc2c(c1)OCCCNC(=O)C1(CCCCNC2=O)CCN(C(=O)c2nnn(-c3ccccc3F)c2C)CC1. The Kier molecular flexibility index (Phi) is 8.84. The zero-order chi connectivity index (χ0) is 29.7. The number of nitrogens with one attached hydrogen (secondary N) is 2. The quantitative estimate of drug-likeness (QED) is 0.480. The van der Waals surface area contributed by atoms with Gasteiger partial charge in [0.25, 0.3) is 11.8 Å². The number of nitrogens with zero attached hydrogens (tertiary/aromatic N) is 4. The van der Waals surface area contributed by atoms with Gasteiger partial charge in [-0.15, -0.1) is 5.10 Å². The lowest BCUT2D eigenvalue weighted by atomic mass is 9.73. The van der Waals surface area contributed by atoms with Crippen molar-refractivity contribution in [1.29, 1.82) is 0 Å². The summed E-state index contributed by atoms with van der Waals surface area (Å²) in [4.78, 5) is 41.5. The van der Waals surface area contributed by atoms with Crippen LogP contribution in [0, 0.1) is 25.1 Å². The molecule has 11 heteroatoms. The van der Waals surface area contributed by atoms with Crippen LogP contribution in [-0.4, -0.2) is 70.4 Å². The molecule has 3 amide bonds. The predicted octanol–water partition coefficient (Wildman–Crippen LogP) is 3.74. The van der Waals surface area contributed by atoms with Crippen molar-refractivity contribution in [3.8, 4) is 11.4 Å². The summed E-state index contributed by atoms with van der Waals surface area (Å²) in [6, 6.07) is 11.7. The molecular weight excluding hydrogens is 539 g/mol. The lowest BCUT2D eigenvalue weighted by molar-refractivity contribution is -0.134. The third-order valence-electron chi connectivity index (χ3n) is 8.28. The highest BCUT2D eigenvalue weighted by molar-refractivity contribution is 5.97. The van der Waals surface area contributed by atoms with Crippen LogP contribution in [0.2, 0.25) is 0 Å². The minimum Gasteiger partial charge on any atom is -0.493 e. The molecule has 3 heterocycles. The summed E-state index contributed by atoms with van der Waals surface area (Å²) in [6.07, 6.45) is 3.76. The average Bonchev–Trinajstić information content (AvgIpc) is 3.37. The van der Waals surface area contributed by atoms with Gasteiger partial charge >= 0.3 is 0 Å². The van der Waals surface area contributed by atoms with Crippen molar-refractivity contribution in [2.24, 2.45) is 5.41 Å². The predicted molar refractivity (Wildman–Crippen MR) is 154 cm³/mol. The van der Waals surface area contributed by atoms with Crippen molar-refractivity contribution >= 4 is 17.7 Å². The number of likely N-dealkylation sites (tertiary alicyclic amines) is 1. The van der Waals surface area contributed by atoms with Gasteiger partial charge in [0.2, 0.25) is 5.91 Å². The number of ether oxygens (including phenoxy) is 1. The first-order valence-electron chi connectivity index (χ1n) is 14.6. The summed E-state index contributed by atoms with van der Waals surface area (Å²) in [7, 11) is 0. The fourth-order valence-electron chi connectivity index (χ4n) is 5.72. The van der Waals surface area contributed by atoms with E-state index in [1.807, 2.05) is 19.1 Å². The largest absolute Gasteiger partial charge is 0.493 e. The maximum atomic E-state index is 14.3. The van der Waals surface area contributed by atoms with Crippen LogP contribution in [-0.2, 0) is 4.79 Å². The number of para-hydroxylation sites is 1. The maximum absolute atomic E-state index is 14.3. The van der Waals surface area contributed by atoms with Crippen LogP contribution in [0.4, 0.5) is 4.39 Å². The smallest absolute Gasteiger partial charge is 0.276 e. The Labute approximate surface area is 244 Å². The third-order valence-corrected chi connectivity index (χ3v) is 8.28. The second-order valence-electron chi connectivity index (χ2n) is 11.1. The molecule has 10 nitrogen and oxygen atoms in total. The fourth-order valence-corrected chi connectivity index (χ4v) is 5.72. The van der Waals surface area contributed by atoms with E-state index in [4.69, 9.17) is 4.74 Å². The van der Waals surface area contributed by atoms with Crippen molar-refractivity contribution < 1.29 is 23.5 Å². The van der Waals surface area contributed by atoms with Crippen LogP contribution in [0.1, 0.15) is 70.6 Å². The Hall–Kier alpha value is -4.28. The van der Waals surface area contributed by atoms with Gasteiger partial charge in [-0.25, -0.2) is 9.07 Å². The topological polar surface area (TPSA) is 118 Å². The molecule has 2 aliphatic heterocycles. The third kappa shape index (κ3) is 6.14. The van der Waals surface area contributed by atoms with Crippen molar-refractivity contribution in [2.75, 3.05) is 32.8 Å². The van der Waals surface area contributed by atoms with E-state index in [9.17, 15) is 18.8 Å². The highest BCUT2D eigenvalue weighted by Crippen LogP contribution is 2.37. The molecule has 5 rings (SSSR count). The summed E-state index contributed by atoms with van der Waals surface area (Å²) < 4.78 is 21.6. The molecule has 0 saturated carbocycles. The summed E-state index contributed by atoms with van der Waals surface area (Å²) in [5.74, 6) is -0.363. The van der Waals surface area contributed by atoms with Gasteiger partial charge in [0.1, 0.15) is 17.3 Å². The zero-order valence-electron chi connectivity index (χ0n) is 24.1. The molecule has 1 saturated heterocycles. The molecular formula is C31H37FN6O4. The number of piperidine rings is 1. The van der Waals surface area contributed by atoms with Crippen molar-refractivity contribution in [3.05, 3.63) is 70.8 Å². The monoisotopic (exact) mass is 576 g/mol. The van der Waals surface area contributed by atoms with Crippen LogP contribution in [0.25, 0.3) is 5.69 Å². The van der Waals surface area contributed by atoms with Crippen molar-refractivity contribution in [2.45, 2.75) is 52.4 Å². The van der Waals surface area contributed by atoms with Crippen LogP contribution in [0.3, 0.4) is 0 Å². The summed E-state index contributed by atoms with van der Waals surface area (Å²) in [6.45, 7) is 5.75. The molecule has 2 aliphatic rings. The van der Waals surface area contributed by atoms with Gasteiger partial charge < -0.3 is 20.3 Å². The van der Waals surface area contributed by atoms with E-state index >= 15 is 0 Å². The van der Waals surface area contributed by atoms with Crippen LogP contribution in [0.5, 0.6) is 5.75 Å². The molecule has 2 aromatic carbocycles. The van der Waals surface area contributed by atoms with E-state index in [0.717, 1.165) is 18.4 Å². The van der Waals surface area contributed by atoms with Crippen LogP contribution < -0.4 is 15.4 Å². The molecule has 42 heavy (non-hydrogen) atoms. The van der Waals surface area contributed by atoms with E-state index in [1.54, 1.807) is 36.1 Å². The molecule has 1 spiro atoms. The molecule has 2 N–H and O–H groups in total. The Morgan fingerprint density at radius 1 is 0.976 bits per heavy atom. The van der Waals surface area contributed by atoms with E-state index in [2.05, 4.69) is 20.9 Å². The van der Waals surface area contributed by atoms with Gasteiger partial charge in [-0.05, 0) is 75.8 Å². The molecule has 0 atom stereocenters. The van der Waals surface area contributed by atoms with E-state index < -0.39 is 11.2 Å². The van der Waals surface area contributed by atoms with Gasteiger partial charge in [-0.3, -0.25) is 14.4 Å². The zero-order valence-corrected chi connectivity index (χ0v) is 24.1. The van der Waals surface area contributed by atoms with Crippen LogP contribution in [0.15, 0.2) is 42.5 Å². The normalized spacial score (nSPS) is 18.2. The fraction of sp³-hybridized carbons (Fsp3) is 0.452. The molecule has 1 fully saturated rings. The van der Waals surface area contributed by atoms with E-state index in [0.29, 0.717) is 75.5 Å². The second-order valence-corrected chi connectivity index (χ2v) is 11.1. The summed E-state index contributed by atoms with van der Waals surface area (Å²) in [5.41, 5.74) is 1.77. The van der Waals surface area contributed by atoms with Gasteiger partial charge in [0, 0.05) is 26.2 Å². The maximum Gasteiger partial charge on any atom is 0.276 e. The van der Waals surface area contributed by atoms with Crippen LogP contribution >= 0.6 is 0 Å². The molecule has 222 valence electrons. The number of hydrogen-bond acceptors (Lipinski definition) is 6. The Morgan fingerprint density at radius 2 is 1.74 bits per heavy atom. The molecule has 0 aliphatic carbocycles. The number of aryl methyl sites for hydroxylation is 1. The number of fused-ring (bicyclic) bond motifs is 1. The first-order valence-corrected chi connectivity index (χ1v) is 14.6. The first kappa shape index (κ1) is 29.2. The number of halogens is 1. The minimum absolute atomic E-state index is 0.00794. The highest BCUT2D eigenvalue weighted by atomic mass is 19.1. The number of benzene rings is 2. The number of carbonyl (C=O) groups is 3. The van der Waals surface area contributed by atoms with Gasteiger partial charge in [-0.1, -0.05) is 29.8 Å². The summed E-state index contributed by atoms with van der Waals surface area (Å²) >= 11 is 0. The first-order chi connectivity index (χ1) is 20.3. The molecule has 0 radical (unpaired) electrons. The number of rotatable bonds is 2. The Morgan fingerprint density at radius 3 is 2.52 bits per heavy atom. The minimum atomic E-state index is -0.609. The Bertz CT molecular complexity index is 1460. The lowest BCUT2D eigenvalue weighted by Crippen LogP contribution is -2.50. The van der Waals surface area contributed by atoms with E-state index in [-0.39, 0.29) is 29.1 Å². The molecule has 0 bridgehead atoms. The summed E-state index contributed by atoms with van der Waals surface area (Å²) in [5, 5.41) is 14.2.